The standard InChI is InChI=1S/C30H35N9O2/c1-35-7-11-37(12-8-35)27(40)20-39-19-24(17-34-39)21-3-5-22(6-4-21)26-18-33-29(31)28-25(26)15-23(16-32-28)30(41)38-13-9-36(2)10-14-38/h3-6,15-19H,7-14,20H2,1-2H3,(H2,31,33). The average Bonchev–Trinajstić information content (AvgIpc) is 3.46. The first kappa shape index (κ1) is 26.9. The molecule has 11 nitrogen and oxygen atoms in total. The minimum atomic E-state index is -0.0210. The van der Waals surface area contributed by atoms with E-state index in [-0.39, 0.29) is 18.4 Å². The summed E-state index contributed by atoms with van der Waals surface area (Å²) in [6.07, 6.45) is 7.02. The van der Waals surface area contributed by atoms with Crippen molar-refractivity contribution in [2.75, 3.05) is 72.2 Å². The molecule has 0 aliphatic carbocycles. The number of carbonyl (C=O) groups excluding carboxylic acids is 2. The van der Waals surface area contributed by atoms with E-state index in [1.54, 1.807) is 23.3 Å². The highest BCUT2D eigenvalue weighted by Gasteiger charge is 2.22. The maximum Gasteiger partial charge on any atom is 0.255 e. The number of rotatable bonds is 5. The van der Waals surface area contributed by atoms with Crippen LogP contribution in [0.1, 0.15) is 10.4 Å². The van der Waals surface area contributed by atoms with Gasteiger partial charge in [0.05, 0.1) is 11.8 Å². The molecule has 0 bridgehead atoms. The molecule has 11 heteroatoms. The summed E-state index contributed by atoms with van der Waals surface area (Å²) in [7, 11) is 4.14. The molecule has 0 unspecified atom stereocenters. The largest absolute Gasteiger partial charge is 0.382 e. The molecular formula is C30H35N9O2. The lowest BCUT2D eigenvalue weighted by Crippen LogP contribution is -2.48. The van der Waals surface area contributed by atoms with Crippen molar-refractivity contribution in [2.24, 2.45) is 0 Å². The third kappa shape index (κ3) is 5.63. The van der Waals surface area contributed by atoms with Gasteiger partial charge < -0.3 is 25.3 Å². The van der Waals surface area contributed by atoms with Gasteiger partial charge >= 0.3 is 0 Å². The number of fused-ring (bicyclic) bond motifs is 1. The van der Waals surface area contributed by atoms with E-state index in [9.17, 15) is 9.59 Å². The van der Waals surface area contributed by atoms with Crippen LogP contribution in [0, 0.1) is 0 Å². The Bertz CT molecular complexity index is 1570. The van der Waals surface area contributed by atoms with Crippen molar-refractivity contribution in [3.05, 3.63) is 60.7 Å². The van der Waals surface area contributed by atoms with Crippen LogP contribution in [0.3, 0.4) is 0 Å². The van der Waals surface area contributed by atoms with E-state index < -0.39 is 0 Å². The van der Waals surface area contributed by atoms with Gasteiger partial charge in [0.1, 0.15) is 17.9 Å². The number of hydrogen-bond donors (Lipinski definition) is 1. The van der Waals surface area contributed by atoms with E-state index in [1.807, 2.05) is 46.3 Å². The highest BCUT2D eigenvalue weighted by Crippen LogP contribution is 2.32. The number of nitrogens with two attached hydrogens (primary N) is 1. The predicted octanol–water partition coefficient (Wildman–Crippen LogP) is 1.90. The van der Waals surface area contributed by atoms with Crippen molar-refractivity contribution in [3.63, 3.8) is 0 Å². The van der Waals surface area contributed by atoms with Gasteiger partial charge in [0, 0.05) is 87.5 Å². The van der Waals surface area contributed by atoms with Crippen molar-refractivity contribution in [2.45, 2.75) is 6.54 Å². The fraction of sp³-hybridized carbons (Fsp3) is 0.367. The van der Waals surface area contributed by atoms with Gasteiger partial charge in [-0.15, -0.1) is 0 Å². The van der Waals surface area contributed by atoms with Crippen molar-refractivity contribution >= 4 is 28.5 Å². The van der Waals surface area contributed by atoms with Gasteiger partial charge in [0.25, 0.3) is 5.91 Å². The van der Waals surface area contributed by atoms with Gasteiger partial charge in [-0.3, -0.25) is 19.3 Å². The highest BCUT2D eigenvalue weighted by molar-refractivity contribution is 6.04. The van der Waals surface area contributed by atoms with Crippen molar-refractivity contribution in [3.8, 4) is 22.3 Å². The van der Waals surface area contributed by atoms with Crippen LogP contribution in [-0.4, -0.2) is 118 Å². The lowest BCUT2D eigenvalue weighted by Gasteiger charge is -2.32. The molecule has 0 saturated carbocycles. The normalized spacial score (nSPS) is 16.8. The summed E-state index contributed by atoms with van der Waals surface area (Å²) in [4.78, 5) is 43.1. The Kier molecular flexibility index (Phi) is 7.38. The van der Waals surface area contributed by atoms with Gasteiger partial charge in [0.15, 0.2) is 0 Å². The number of carbonyl (C=O) groups is 2. The third-order valence-electron chi connectivity index (χ3n) is 8.11. The Balaban J connectivity index is 1.21. The minimum Gasteiger partial charge on any atom is -0.382 e. The zero-order chi connectivity index (χ0) is 28.5. The summed E-state index contributed by atoms with van der Waals surface area (Å²) in [6.45, 7) is 6.62. The lowest BCUT2D eigenvalue weighted by molar-refractivity contribution is -0.133. The van der Waals surface area contributed by atoms with E-state index in [0.717, 1.165) is 66.9 Å². The minimum absolute atomic E-state index is 0.0210. The van der Waals surface area contributed by atoms with Crippen LogP contribution >= 0.6 is 0 Å². The molecule has 2 saturated heterocycles. The molecule has 2 amide bonds. The van der Waals surface area contributed by atoms with Gasteiger partial charge in [0.2, 0.25) is 5.91 Å². The van der Waals surface area contributed by atoms with Crippen LogP contribution in [0.25, 0.3) is 33.2 Å². The van der Waals surface area contributed by atoms with Gasteiger partial charge in [-0.05, 0) is 31.3 Å². The highest BCUT2D eigenvalue weighted by atomic mass is 16.2. The fourth-order valence-electron chi connectivity index (χ4n) is 5.41. The molecule has 4 aromatic rings. The third-order valence-corrected chi connectivity index (χ3v) is 8.11. The van der Waals surface area contributed by atoms with Crippen LogP contribution in [-0.2, 0) is 11.3 Å². The summed E-state index contributed by atoms with van der Waals surface area (Å²) in [5, 5.41) is 5.22. The number of nitrogen functional groups attached to an aromatic ring is 1. The van der Waals surface area contributed by atoms with Gasteiger partial charge in [-0.2, -0.15) is 5.10 Å². The second-order valence-electron chi connectivity index (χ2n) is 11.0. The summed E-state index contributed by atoms with van der Waals surface area (Å²) in [5.41, 5.74) is 11.0. The monoisotopic (exact) mass is 553 g/mol. The summed E-state index contributed by atoms with van der Waals surface area (Å²) in [5.74, 6) is 0.398. The second kappa shape index (κ2) is 11.3. The van der Waals surface area contributed by atoms with E-state index in [0.29, 0.717) is 30.0 Å². The molecular weight excluding hydrogens is 518 g/mol. The van der Waals surface area contributed by atoms with Crippen molar-refractivity contribution in [1.82, 2.24) is 39.3 Å². The molecule has 2 aliphatic heterocycles. The zero-order valence-corrected chi connectivity index (χ0v) is 23.5. The zero-order valence-electron chi connectivity index (χ0n) is 23.5. The predicted molar refractivity (Wildman–Crippen MR) is 158 cm³/mol. The molecule has 0 atom stereocenters. The molecule has 1 aromatic carbocycles. The Labute approximate surface area is 239 Å². The smallest absolute Gasteiger partial charge is 0.255 e. The maximum atomic E-state index is 13.2. The Hall–Kier alpha value is -4.35. The number of likely N-dealkylation sites (N-methyl/N-ethyl adjacent to an activating group) is 2. The molecule has 2 N–H and O–H groups in total. The number of hydrogen-bond acceptors (Lipinski definition) is 8. The molecule has 41 heavy (non-hydrogen) atoms. The molecule has 2 fully saturated rings. The van der Waals surface area contributed by atoms with E-state index in [2.05, 4.69) is 39.0 Å². The summed E-state index contributed by atoms with van der Waals surface area (Å²) >= 11 is 0. The number of nitrogens with zero attached hydrogens (tertiary/aromatic N) is 8. The Morgan fingerprint density at radius 3 is 2.10 bits per heavy atom. The molecule has 6 rings (SSSR count). The molecule has 0 radical (unpaired) electrons. The first-order chi connectivity index (χ1) is 19.9. The van der Waals surface area contributed by atoms with Crippen molar-refractivity contribution in [1.29, 1.82) is 0 Å². The number of benzene rings is 1. The number of anilines is 1. The molecule has 0 spiro atoms. The van der Waals surface area contributed by atoms with Crippen LogP contribution in [0.4, 0.5) is 5.82 Å². The van der Waals surface area contributed by atoms with Crippen LogP contribution < -0.4 is 5.73 Å². The average molecular weight is 554 g/mol. The van der Waals surface area contributed by atoms with Gasteiger partial charge in [-0.1, -0.05) is 24.3 Å². The second-order valence-corrected chi connectivity index (χ2v) is 11.0. The fourth-order valence-corrected chi connectivity index (χ4v) is 5.41. The first-order valence-electron chi connectivity index (χ1n) is 14.0. The molecule has 3 aromatic heterocycles. The quantitative estimate of drug-likeness (QED) is 0.398. The molecule has 2 aliphatic rings. The summed E-state index contributed by atoms with van der Waals surface area (Å²) in [6, 6.07) is 9.96. The maximum absolute atomic E-state index is 13.2. The molecule has 5 heterocycles. The summed E-state index contributed by atoms with van der Waals surface area (Å²) < 4.78 is 1.70. The van der Waals surface area contributed by atoms with Crippen LogP contribution in [0.2, 0.25) is 0 Å². The van der Waals surface area contributed by atoms with Crippen molar-refractivity contribution < 1.29 is 9.59 Å². The van der Waals surface area contributed by atoms with E-state index in [1.165, 1.54) is 0 Å². The lowest BCUT2D eigenvalue weighted by atomic mass is 9.99. The van der Waals surface area contributed by atoms with Crippen LogP contribution in [0.15, 0.2) is 55.1 Å². The van der Waals surface area contributed by atoms with Crippen LogP contribution in [0.5, 0.6) is 0 Å². The number of piperazine rings is 2. The first-order valence-corrected chi connectivity index (χ1v) is 14.0. The van der Waals surface area contributed by atoms with Gasteiger partial charge in [-0.25, -0.2) is 4.98 Å². The number of amides is 2. The Morgan fingerprint density at radius 2 is 1.41 bits per heavy atom. The number of aromatic nitrogens is 4. The number of pyridine rings is 2. The topological polar surface area (TPSA) is 117 Å². The Morgan fingerprint density at radius 1 is 0.780 bits per heavy atom. The SMILES string of the molecule is CN1CCN(C(=O)Cn2cc(-c3ccc(-c4cnc(N)c5ncc(C(=O)N6CCN(C)CC6)cc45)cc3)cn2)CC1. The van der Waals surface area contributed by atoms with E-state index in [4.69, 9.17) is 5.73 Å². The molecule has 212 valence electrons. The van der Waals surface area contributed by atoms with E-state index >= 15 is 0 Å².